The van der Waals surface area contributed by atoms with E-state index in [1.54, 1.807) is 14.2 Å². The minimum absolute atomic E-state index is 0.250. The van der Waals surface area contributed by atoms with Crippen molar-refractivity contribution in [2.24, 2.45) is 5.92 Å². The van der Waals surface area contributed by atoms with Gasteiger partial charge < -0.3 is 30.3 Å². The molecule has 3 heterocycles. The first-order valence-corrected chi connectivity index (χ1v) is 9.22. The Balaban J connectivity index is 0.000000706. The highest BCUT2D eigenvalue weighted by atomic mass is 16.5. The lowest BCUT2D eigenvalue weighted by atomic mass is 9.92. The first kappa shape index (κ1) is 19.9. The van der Waals surface area contributed by atoms with E-state index in [0.29, 0.717) is 41.3 Å². The first-order valence-electron chi connectivity index (χ1n) is 9.22. The summed E-state index contributed by atoms with van der Waals surface area (Å²) in [6, 6.07) is 4.43. The molecule has 152 valence electrons. The summed E-state index contributed by atoms with van der Waals surface area (Å²) in [5, 5.41) is 17.2. The van der Waals surface area contributed by atoms with E-state index in [9.17, 15) is 5.11 Å². The van der Waals surface area contributed by atoms with E-state index < -0.39 is 0 Å². The van der Waals surface area contributed by atoms with Crippen molar-refractivity contribution >= 4 is 29.1 Å². The van der Waals surface area contributed by atoms with Crippen LogP contribution in [0.5, 0.6) is 11.5 Å². The number of fused-ring (bicyclic) bond motifs is 3. The number of anilines is 2. The summed E-state index contributed by atoms with van der Waals surface area (Å²) in [6.45, 7) is 0.0125. The van der Waals surface area contributed by atoms with E-state index in [-0.39, 0.29) is 13.1 Å². The quantitative estimate of drug-likeness (QED) is 0.667. The molecule has 2 aromatic rings. The predicted molar refractivity (Wildman–Crippen MR) is 105 cm³/mol. The Kier molecular flexibility index (Phi) is 6.03. The Morgan fingerprint density at radius 2 is 1.75 bits per heavy atom. The van der Waals surface area contributed by atoms with Crippen LogP contribution in [0.3, 0.4) is 0 Å². The van der Waals surface area contributed by atoms with Crippen LogP contribution in [0.1, 0.15) is 25.7 Å². The second-order valence-electron chi connectivity index (χ2n) is 7.05. The molecule has 3 atom stereocenters. The molecule has 1 aromatic carbocycles. The second kappa shape index (κ2) is 8.47. The number of aromatic nitrogens is 2. The number of hydrogen-bond acceptors (Lipinski definition) is 8. The molecule has 0 aliphatic carbocycles. The number of benzene rings is 1. The van der Waals surface area contributed by atoms with Gasteiger partial charge in [-0.15, -0.1) is 0 Å². The highest BCUT2D eigenvalue weighted by molar-refractivity contribution is 5.91. The smallest absolute Gasteiger partial charge is 0.290 e. The van der Waals surface area contributed by atoms with Crippen LogP contribution in [0.4, 0.5) is 11.8 Å². The lowest BCUT2D eigenvalue weighted by molar-refractivity contribution is -0.122. The number of rotatable bonds is 4. The second-order valence-corrected chi connectivity index (χ2v) is 7.05. The zero-order valence-electron chi connectivity index (χ0n) is 16.0. The molecule has 4 N–H and O–H groups in total. The van der Waals surface area contributed by atoms with Crippen LogP contribution in [0.2, 0.25) is 0 Å². The lowest BCUT2D eigenvalue weighted by Crippen LogP contribution is -2.44. The molecule has 2 aliphatic heterocycles. The average molecular weight is 390 g/mol. The van der Waals surface area contributed by atoms with Gasteiger partial charge in [0.25, 0.3) is 6.47 Å². The molecule has 2 saturated heterocycles. The molecule has 0 amide bonds. The normalized spacial score (nSPS) is 23.1. The molecule has 1 aromatic heterocycles. The zero-order chi connectivity index (χ0) is 20.3. The Bertz CT molecular complexity index is 833. The van der Waals surface area contributed by atoms with E-state index in [2.05, 4.69) is 9.88 Å². The van der Waals surface area contributed by atoms with E-state index in [1.807, 2.05) is 12.1 Å². The molecule has 1 unspecified atom stereocenters. The van der Waals surface area contributed by atoms with Crippen LogP contribution in [0, 0.1) is 5.92 Å². The van der Waals surface area contributed by atoms with E-state index in [4.69, 9.17) is 30.1 Å². The molecule has 2 fully saturated rings. The van der Waals surface area contributed by atoms with Crippen molar-refractivity contribution in [3.63, 3.8) is 0 Å². The number of hydrogen-bond donors (Lipinski definition) is 3. The van der Waals surface area contributed by atoms with Gasteiger partial charge in [0, 0.05) is 30.1 Å². The van der Waals surface area contributed by atoms with Crippen LogP contribution in [0.25, 0.3) is 10.9 Å². The highest BCUT2D eigenvalue weighted by Crippen LogP contribution is 2.41. The van der Waals surface area contributed by atoms with Gasteiger partial charge in [-0.2, -0.15) is 4.98 Å². The first-order chi connectivity index (χ1) is 13.6. The van der Waals surface area contributed by atoms with Crippen LogP contribution >= 0.6 is 0 Å². The number of carbonyl (C=O) groups is 1. The van der Waals surface area contributed by atoms with E-state index >= 15 is 0 Å². The van der Waals surface area contributed by atoms with Crippen molar-refractivity contribution in [3.05, 3.63) is 12.1 Å². The Hall–Kier alpha value is -2.81. The van der Waals surface area contributed by atoms with Gasteiger partial charge >= 0.3 is 0 Å². The maximum atomic E-state index is 9.51. The third-order valence-corrected chi connectivity index (χ3v) is 5.54. The molecule has 9 nitrogen and oxygen atoms in total. The van der Waals surface area contributed by atoms with Gasteiger partial charge in [-0.25, -0.2) is 4.98 Å². The summed E-state index contributed by atoms with van der Waals surface area (Å²) in [7, 11) is 3.20. The number of ether oxygens (including phenoxy) is 2. The number of carboxylic acid groups (broad SMARTS) is 1. The SMILES string of the molecule is COc1cc2nc(N3[C@@H]4CC[C@H]3CC(CO)C4)nc(N)c2cc1OC.O=CO. The Labute approximate surface area is 163 Å². The van der Waals surface area contributed by atoms with Gasteiger partial charge in [0.2, 0.25) is 5.95 Å². The molecular weight excluding hydrogens is 364 g/mol. The minimum atomic E-state index is -0.250. The number of nitrogens with zero attached hydrogens (tertiary/aromatic N) is 3. The molecule has 0 radical (unpaired) electrons. The van der Waals surface area contributed by atoms with Crippen molar-refractivity contribution in [1.29, 1.82) is 0 Å². The van der Waals surface area contributed by atoms with Crippen molar-refractivity contribution in [2.45, 2.75) is 37.8 Å². The fourth-order valence-corrected chi connectivity index (χ4v) is 4.35. The van der Waals surface area contributed by atoms with Gasteiger partial charge in [0.15, 0.2) is 11.5 Å². The van der Waals surface area contributed by atoms with Crippen LogP contribution in [0.15, 0.2) is 12.1 Å². The van der Waals surface area contributed by atoms with Crippen LogP contribution < -0.4 is 20.1 Å². The van der Waals surface area contributed by atoms with Gasteiger partial charge in [-0.05, 0) is 37.7 Å². The molecule has 9 heteroatoms. The monoisotopic (exact) mass is 390 g/mol. The fourth-order valence-electron chi connectivity index (χ4n) is 4.35. The number of aliphatic hydroxyl groups excluding tert-OH is 1. The topological polar surface area (TPSA) is 131 Å². The maximum absolute atomic E-state index is 9.51. The van der Waals surface area contributed by atoms with Crippen molar-refractivity contribution < 1.29 is 24.5 Å². The average Bonchev–Trinajstić information content (AvgIpc) is 2.97. The zero-order valence-corrected chi connectivity index (χ0v) is 16.0. The third kappa shape index (κ3) is 3.62. The maximum Gasteiger partial charge on any atom is 0.290 e. The third-order valence-electron chi connectivity index (χ3n) is 5.54. The van der Waals surface area contributed by atoms with E-state index in [1.165, 1.54) is 0 Å². The van der Waals surface area contributed by atoms with E-state index in [0.717, 1.165) is 36.6 Å². The Morgan fingerprint density at radius 3 is 2.29 bits per heavy atom. The van der Waals surface area contributed by atoms with Gasteiger partial charge in [0.1, 0.15) is 5.82 Å². The van der Waals surface area contributed by atoms with Crippen LogP contribution in [-0.4, -0.2) is 59.6 Å². The van der Waals surface area contributed by atoms with Gasteiger partial charge in [-0.1, -0.05) is 0 Å². The van der Waals surface area contributed by atoms with Crippen molar-refractivity contribution in [1.82, 2.24) is 9.97 Å². The summed E-state index contributed by atoms with van der Waals surface area (Å²) in [6.07, 6.45) is 4.21. The Morgan fingerprint density at radius 1 is 1.18 bits per heavy atom. The summed E-state index contributed by atoms with van der Waals surface area (Å²) in [5.74, 6) is 2.75. The van der Waals surface area contributed by atoms with Crippen LogP contribution in [-0.2, 0) is 4.79 Å². The number of nitrogen functional groups attached to an aromatic ring is 1. The highest BCUT2D eigenvalue weighted by Gasteiger charge is 2.42. The molecule has 0 spiro atoms. The molecular formula is C19H26N4O5. The summed E-state index contributed by atoms with van der Waals surface area (Å²) >= 11 is 0. The largest absolute Gasteiger partial charge is 0.493 e. The number of nitrogens with two attached hydrogens (primary N) is 1. The van der Waals surface area contributed by atoms with Gasteiger partial charge in [0.05, 0.1) is 19.7 Å². The standard InChI is InChI=1S/C18H24N4O3.CH2O2/c1-24-15-7-13-14(8-16(15)25-2)20-18(21-17(13)19)22-11-3-4-12(22)6-10(5-11)9-23;2-1-3/h7-8,10-12,23H,3-6,9H2,1-2H3,(H2,19,20,21);1H,(H,2,3)/t10?,11-,12+;. The minimum Gasteiger partial charge on any atom is -0.493 e. The van der Waals surface area contributed by atoms with Crippen molar-refractivity contribution in [2.75, 3.05) is 31.5 Å². The van der Waals surface area contributed by atoms with Gasteiger partial charge in [-0.3, -0.25) is 4.79 Å². The summed E-state index contributed by atoms with van der Waals surface area (Å²) in [5.41, 5.74) is 6.98. The van der Waals surface area contributed by atoms with Crippen molar-refractivity contribution in [3.8, 4) is 11.5 Å². The predicted octanol–water partition coefficient (Wildman–Crippen LogP) is 1.67. The molecule has 28 heavy (non-hydrogen) atoms. The fraction of sp³-hybridized carbons (Fsp3) is 0.526. The number of piperidine rings is 1. The molecule has 4 rings (SSSR count). The lowest BCUT2D eigenvalue weighted by Gasteiger charge is -2.38. The number of methoxy groups -OCH3 is 2. The summed E-state index contributed by atoms with van der Waals surface area (Å²) in [4.78, 5) is 20.0. The summed E-state index contributed by atoms with van der Waals surface area (Å²) < 4.78 is 10.7. The molecule has 0 saturated carbocycles. The number of aliphatic hydroxyl groups is 1. The molecule has 2 aliphatic rings. The molecule has 2 bridgehead atoms.